The monoisotopic (exact) mass is 452 g/mol. The number of nitro groups is 2. The van der Waals surface area contributed by atoms with E-state index in [4.69, 9.17) is 9.47 Å². The predicted octanol–water partition coefficient (Wildman–Crippen LogP) is 1.37. The molecule has 0 radical (unpaired) electrons. The van der Waals surface area contributed by atoms with Gasteiger partial charge in [-0.2, -0.15) is 20.0 Å². The Labute approximate surface area is 182 Å². The maximum atomic E-state index is 11.8. The van der Waals surface area contributed by atoms with Gasteiger partial charge in [-0.3, -0.25) is 29.8 Å². The van der Waals surface area contributed by atoms with Crippen LogP contribution in [0.25, 0.3) is 0 Å². The van der Waals surface area contributed by atoms with Crippen molar-refractivity contribution in [3.05, 3.63) is 20.2 Å². The maximum Gasteiger partial charge on any atom is 0.415 e. The summed E-state index contributed by atoms with van der Waals surface area (Å²) in [5.41, 5.74) is 0.962. The first-order valence-corrected chi connectivity index (χ1v) is 10.0. The van der Waals surface area contributed by atoms with Gasteiger partial charge >= 0.3 is 23.5 Å². The molecule has 0 aliphatic carbocycles. The van der Waals surface area contributed by atoms with Gasteiger partial charge in [-0.1, -0.05) is 13.8 Å². The Bertz CT molecular complexity index is 826. The molecule has 0 spiro atoms. The summed E-state index contributed by atoms with van der Waals surface area (Å²) < 4.78 is 9.87. The predicted molar refractivity (Wildman–Crippen MR) is 112 cm³/mol. The third-order valence-electron chi connectivity index (χ3n) is 4.73. The van der Waals surface area contributed by atoms with Crippen molar-refractivity contribution < 1.29 is 28.9 Å². The van der Waals surface area contributed by atoms with Crippen LogP contribution in [0, 0.1) is 20.2 Å². The van der Waals surface area contributed by atoms with Gasteiger partial charge in [0.05, 0.1) is 59.4 Å². The number of nitrogens with zero attached hydrogens (tertiary/aromatic N) is 6. The Morgan fingerprint density at radius 2 is 1.22 bits per heavy atom. The Kier molecular flexibility index (Phi) is 8.21. The van der Waals surface area contributed by atoms with E-state index in [9.17, 15) is 29.8 Å². The van der Waals surface area contributed by atoms with E-state index in [1.165, 1.54) is 12.4 Å². The van der Waals surface area contributed by atoms with E-state index < -0.39 is 33.4 Å². The molecular weight excluding hydrogens is 428 g/mol. The van der Waals surface area contributed by atoms with Gasteiger partial charge in [0, 0.05) is 0 Å². The summed E-state index contributed by atoms with van der Waals surface area (Å²) in [6.45, 7) is 2.98. The maximum absolute atomic E-state index is 11.8. The van der Waals surface area contributed by atoms with Crippen LogP contribution >= 0.6 is 0 Å². The summed E-state index contributed by atoms with van der Waals surface area (Å²) in [5, 5.41) is 22.6. The molecule has 0 aromatic rings. The molecule has 0 aromatic heterocycles. The normalized spacial score (nSPS) is 23.6. The molecule has 32 heavy (non-hydrogen) atoms. The Morgan fingerprint density at radius 1 is 0.844 bits per heavy atom. The zero-order chi connectivity index (χ0) is 23.8. The number of esters is 2. The Morgan fingerprint density at radius 3 is 1.50 bits per heavy atom. The molecule has 0 bridgehead atoms. The molecule has 0 saturated heterocycles. The first kappa shape index (κ1) is 24.7. The largest absolute Gasteiger partial charge is 0.465 e. The number of carbonyl (C=O) groups excluding carboxylic acids is 2. The number of carbonyl (C=O) groups is 2. The number of aliphatic imine (C=N–C) groups is 4. The minimum atomic E-state index is -1.89. The third kappa shape index (κ3) is 5.98. The lowest BCUT2D eigenvalue weighted by Gasteiger charge is -2.14. The summed E-state index contributed by atoms with van der Waals surface area (Å²) in [6, 6.07) is 0. The highest BCUT2D eigenvalue weighted by Crippen LogP contribution is 2.24. The first-order chi connectivity index (χ1) is 15.2. The number of hydrogen-bond donors (Lipinski definition) is 0. The molecule has 2 unspecified atom stereocenters. The van der Waals surface area contributed by atoms with Crippen molar-refractivity contribution in [2.75, 3.05) is 13.2 Å². The second kappa shape index (κ2) is 10.6. The standard InChI is InChI=1S/C18H24N6O8/c1-3-13-11-19-17(21-13,23(27)28)7-9-31-15(25)5-6-16(26)32-10-8-18(24(29)30)20-12-14(4-2)22-18/h11-12H,3-10H2,1-2H3. The molecule has 2 aliphatic rings. The second-order valence-corrected chi connectivity index (χ2v) is 6.93. The van der Waals surface area contributed by atoms with Gasteiger partial charge in [-0.25, -0.2) is 0 Å². The van der Waals surface area contributed by atoms with Crippen LogP contribution in [0.2, 0.25) is 0 Å². The molecule has 14 nitrogen and oxygen atoms in total. The quantitative estimate of drug-likeness (QED) is 0.227. The van der Waals surface area contributed by atoms with E-state index in [2.05, 4.69) is 20.0 Å². The number of ether oxygens (including phenoxy) is 2. The summed E-state index contributed by atoms with van der Waals surface area (Å²) in [7, 11) is 0. The lowest BCUT2D eigenvalue weighted by atomic mass is 10.2. The van der Waals surface area contributed by atoms with Gasteiger partial charge in [0.15, 0.2) is 0 Å². The van der Waals surface area contributed by atoms with Crippen LogP contribution in [0.5, 0.6) is 0 Å². The van der Waals surface area contributed by atoms with E-state index in [0.717, 1.165) is 0 Å². The summed E-state index contributed by atoms with van der Waals surface area (Å²) in [6.07, 6.45) is 2.54. The van der Waals surface area contributed by atoms with Crippen LogP contribution in [-0.4, -0.2) is 70.4 Å². The third-order valence-corrected chi connectivity index (χ3v) is 4.73. The van der Waals surface area contributed by atoms with Crippen LogP contribution in [0.3, 0.4) is 0 Å². The van der Waals surface area contributed by atoms with Crippen molar-refractivity contribution in [3.63, 3.8) is 0 Å². The van der Waals surface area contributed by atoms with E-state index in [0.29, 0.717) is 24.3 Å². The van der Waals surface area contributed by atoms with Crippen LogP contribution in [0.4, 0.5) is 0 Å². The minimum Gasteiger partial charge on any atom is -0.465 e. The molecule has 0 aromatic carbocycles. The van der Waals surface area contributed by atoms with Crippen LogP contribution in [0.1, 0.15) is 52.4 Å². The fourth-order valence-electron chi connectivity index (χ4n) is 2.82. The van der Waals surface area contributed by atoms with Gasteiger partial charge in [0.1, 0.15) is 13.2 Å². The smallest absolute Gasteiger partial charge is 0.415 e. The SMILES string of the molecule is CCC1=NC(CCOC(=O)CCC(=O)OCCC2([N+](=O)[O-])N=CC(CC)=N2)([N+](=O)[O-])N=C1. The van der Waals surface area contributed by atoms with Crippen molar-refractivity contribution in [3.8, 4) is 0 Å². The summed E-state index contributed by atoms with van der Waals surface area (Å²) >= 11 is 0. The lowest BCUT2D eigenvalue weighted by Crippen LogP contribution is -2.34. The fraction of sp³-hybridized carbons (Fsp3) is 0.667. The zero-order valence-corrected chi connectivity index (χ0v) is 17.8. The van der Waals surface area contributed by atoms with Crippen LogP contribution in [-0.2, 0) is 19.1 Å². The average molecular weight is 452 g/mol. The highest BCUT2D eigenvalue weighted by molar-refractivity contribution is 6.32. The van der Waals surface area contributed by atoms with Crippen LogP contribution < -0.4 is 0 Å². The van der Waals surface area contributed by atoms with Gasteiger partial charge in [-0.15, -0.1) is 0 Å². The molecule has 14 heteroatoms. The van der Waals surface area contributed by atoms with Crippen molar-refractivity contribution in [1.29, 1.82) is 0 Å². The Balaban J connectivity index is 1.71. The van der Waals surface area contributed by atoms with Crippen molar-refractivity contribution in [2.45, 2.75) is 63.9 Å². The molecule has 0 N–H and O–H groups in total. The van der Waals surface area contributed by atoms with Crippen LogP contribution in [0.15, 0.2) is 20.0 Å². The van der Waals surface area contributed by atoms with E-state index in [1.807, 2.05) is 0 Å². The van der Waals surface area contributed by atoms with Gasteiger partial charge in [-0.05, 0) is 12.8 Å². The molecule has 0 fully saturated rings. The van der Waals surface area contributed by atoms with Gasteiger partial charge in [0.2, 0.25) is 0 Å². The second-order valence-electron chi connectivity index (χ2n) is 6.93. The van der Waals surface area contributed by atoms with Crippen molar-refractivity contribution in [1.82, 2.24) is 0 Å². The molecule has 2 rings (SSSR count). The summed E-state index contributed by atoms with van der Waals surface area (Å²) in [5.74, 6) is -5.27. The van der Waals surface area contributed by atoms with Crippen molar-refractivity contribution in [2.24, 2.45) is 20.0 Å². The highest BCUT2D eigenvalue weighted by atomic mass is 16.6. The van der Waals surface area contributed by atoms with E-state index in [1.54, 1.807) is 13.8 Å². The molecule has 0 saturated carbocycles. The zero-order valence-electron chi connectivity index (χ0n) is 17.8. The Hall–Kier alpha value is -3.58. The van der Waals surface area contributed by atoms with E-state index in [-0.39, 0.29) is 38.9 Å². The number of hydrogen-bond acceptors (Lipinski definition) is 12. The molecule has 0 amide bonds. The fourth-order valence-corrected chi connectivity index (χ4v) is 2.82. The molecule has 2 aliphatic heterocycles. The number of rotatable bonds is 13. The van der Waals surface area contributed by atoms with Crippen molar-refractivity contribution >= 4 is 35.8 Å². The van der Waals surface area contributed by atoms with E-state index >= 15 is 0 Å². The van der Waals surface area contributed by atoms with Gasteiger partial charge < -0.3 is 9.47 Å². The molecule has 174 valence electrons. The summed E-state index contributed by atoms with van der Waals surface area (Å²) in [4.78, 5) is 60.5. The first-order valence-electron chi connectivity index (χ1n) is 10.0. The molecule has 2 atom stereocenters. The van der Waals surface area contributed by atoms with Gasteiger partial charge in [0.25, 0.3) is 0 Å². The topological polar surface area (TPSA) is 188 Å². The average Bonchev–Trinajstić information content (AvgIpc) is 3.38. The molecular formula is C18H24N6O8. The minimum absolute atomic E-state index is 0.236. The molecule has 2 heterocycles. The lowest BCUT2D eigenvalue weighted by molar-refractivity contribution is -0.567. The highest BCUT2D eigenvalue weighted by Gasteiger charge is 2.46.